The van der Waals surface area contributed by atoms with E-state index in [0.717, 1.165) is 0 Å². The van der Waals surface area contributed by atoms with Crippen LogP contribution in [-0.2, 0) is 4.79 Å². The van der Waals surface area contributed by atoms with Gasteiger partial charge in [-0.25, -0.2) is 4.79 Å². The molecule has 0 unspecified atom stereocenters. The van der Waals surface area contributed by atoms with Gasteiger partial charge in [0, 0.05) is 6.92 Å². The normalized spacial score (nSPS) is 9.56. The molecule has 0 aliphatic carbocycles. The number of hydrogen-bond donors (Lipinski definition) is 2. The third-order valence-corrected chi connectivity index (χ3v) is 1.85. The second kappa shape index (κ2) is 5.75. The molecule has 86 valence electrons. The number of ether oxygens (including phenoxy) is 1. The van der Waals surface area contributed by atoms with Gasteiger partial charge >= 0.3 is 5.97 Å². The quantitative estimate of drug-likeness (QED) is 0.727. The molecule has 0 aromatic heterocycles. The van der Waals surface area contributed by atoms with Crippen LogP contribution in [0, 0.1) is 0 Å². The molecule has 1 rings (SSSR count). The Morgan fingerprint density at radius 1 is 1.38 bits per heavy atom. The Morgan fingerprint density at radius 2 is 2.06 bits per heavy atom. The fourth-order valence-electron chi connectivity index (χ4n) is 1.16. The number of benzene rings is 1. The van der Waals surface area contributed by atoms with E-state index in [0.29, 0.717) is 12.3 Å². The average molecular weight is 223 g/mol. The molecule has 1 amide bonds. The zero-order valence-electron chi connectivity index (χ0n) is 8.90. The fraction of sp³-hybridized carbons (Fsp3) is 0.273. The van der Waals surface area contributed by atoms with Crippen molar-refractivity contribution in [2.45, 2.75) is 6.92 Å². The number of carbonyl (C=O) groups excluding carboxylic acids is 1. The molecule has 5 nitrogen and oxygen atoms in total. The molecule has 1 aromatic carbocycles. The maximum absolute atomic E-state index is 10.8. The second-order valence-electron chi connectivity index (χ2n) is 3.13. The number of amides is 1. The van der Waals surface area contributed by atoms with E-state index in [2.05, 4.69) is 5.32 Å². The van der Waals surface area contributed by atoms with Gasteiger partial charge in [0.2, 0.25) is 5.91 Å². The third-order valence-electron chi connectivity index (χ3n) is 1.85. The van der Waals surface area contributed by atoms with Crippen LogP contribution in [0.3, 0.4) is 0 Å². The zero-order chi connectivity index (χ0) is 12.0. The minimum absolute atomic E-state index is 0.116. The van der Waals surface area contributed by atoms with E-state index in [1.54, 1.807) is 18.2 Å². The van der Waals surface area contributed by atoms with E-state index in [1.807, 2.05) is 0 Å². The van der Waals surface area contributed by atoms with Crippen LogP contribution in [0.2, 0.25) is 0 Å². The Hall–Kier alpha value is -2.04. The van der Waals surface area contributed by atoms with E-state index in [-0.39, 0.29) is 18.1 Å². The summed E-state index contributed by atoms with van der Waals surface area (Å²) >= 11 is 0. The lowest BCUT2D eigenvalue weighted by molar-refractivity contribution is -0.119. The highest BCUT2D eigenvalue weighted by molar-refractivity contribution is 5.90. The van der Waals surface area contributed by atoms with Crippen LogP contribution < -0.4 is 10.1 Å². The van der Waals surface area contributed by atoms with Crippen molar-refractivity contribution in [3.63, 3.8) is 0 Å². The maximum Gasteiger partial charge on any atom is 0.339 e. The highest BCUT2D eigenvalue weighted by Crippen LogP contribution is 2.17. The predicted molar refractivity (Wildman–Crippen MR) is 57.6 cm³/mol. The summed E-state index contributed by atoms with van der Waals surface area (Å²) in [4.78, 5) is 21.4. The number of carboxylic acids is 1. The van der Waals surface area contributed by atoms with Crippen molar-refractivity contribution in [3.8, 4) is 5.75 Å². The summed E-state index contributed by atoms with van der Waals surface area (Å²) in [5.41, 5.74) is 0.116. The number of carbonyl (C=O) groups is 2. The predicted octanol–water partition coefficient (Wildman–Crippen LogP) is 0.900. The minimum Gasteiger partial charge on any atom is -0.491 e. The van der Waals surface area contributed by atoms with Gasteiger partial charge in [0.15, 0.2) is 0 Å². The van der Waals surface area contributed by atoms with Crippen molar-refractivity contribution in [2.75, 3.05) is 13.2 Å². The van der Waals surface area contributed by atoms with Gasteiger partial charge in [0.1, 0.15) is 17.9 Å². The van der Waals surface area contributed by atoms with Gasteiger partial charge in [-0.15, -0.1) is 0 Å². The fourth-order valence-corrected chi connectivity index (χ4v) is 1.16. The molecule has 0 aliphatic rings. The maximum atomic E-state index is 10.8. The largest absolute Gasteiger partial charge is 0.491 e. The van der Waals surface area contributed by atoms with Gasteiger partial charge in [0.25, 0.3) is 0 Å². The topological polar surface area (TPSA) is 75.6 Å². The Bertz CT molecular complexity index is 389. The molecule has 0 spiro atoms. The van der Waals surface area contributed by atoms with E-state index < -0.39 is 5.97 Å². The molecule has 0 saturated heterocycles. The lowest BCUT2D eigenvalue weighted by Crippen LogP contribution is -2.25. The van der Waals surface area contributed by atoms with Crippen molar-refractivity contribution >= 4 is 11.9 Å². The highest BCUT2D eigenvalue weighted by atomic mass is 16.5. The molecule has 16 heavy (non-hydrogen) atoms. The summed E-state index contributed by atoms with van der Waals surface area (Å²) in [6, 6.07) is 6.37. The van der Waals surface area contributed by atoms with Crippen LogP contribution >= 0.6 is 0 Å². The molecule has 0 bridgehead atoms. The summed E-state index contributed by atoms with van der Waals surface area (Å²) < 4.78 is 5.25. The number of nitrogens with one attached hydrogen (secondary N) is 1. The number of hydrogen-bond acceptors (Lipinski definition) is 3. The summed E-state index contributed by atoms with van der Waals surface area (Å²) in [6.45, 7) is 2.00. The number of carboxylic acid groups (broad SMARTS) is 1. The summed E-state index contributed by atoms with van der Waals surface area (Å²) in [6.07, 6.45) is 0. The van der Waals surface area contributed by atoms with Crippen molar-refractivity contribution in [1.29, 1.82) is 0 Å². The molecule has 2 N–H and O–H groups in total. The average Bonchev–Trinajstić information content (AvgIpc) is 2.24. The van der Waals surface area contributed by atoms with Crippen molar-refractivity contribution in [3.05, 3.63) is 29.8 Å². The van der Waals surface area contributed by atoms with E-state index in [9.17, 15) is 9.59 Å². The number of aromatic carboxylic acids is 1. The Labute approximate surface area is 93.0 Å². The van der Waals surface area contributed by atoms with Crippen LogP contribution in [0.25, 0.3) is 0 Å². The Morgan fingerprint density at radius 3 is 2.69 bits per heavy atom. The first kappa shape index (κ1) is 12.0. The van der Waals surface area contributed by atoms with Crippen molar-refractivity contribution < 1.29 is 19.4 Å². The molecule has 0 radical (unpaired) electrons. The molecular weight excluding hydrogens is 210 g/mol. The lowest BCUT2D eigenvalue weighted by Gasteiger charge is -2.08. The van der Waals surface area contributed by atoms with E-state index >= 15 is 0 Å². The lowest BCUT2D eigenvalue weighted by atomic mass is 10.2. The van der Waals surface area contributed by atoms with Crippen LogP contribution in [0.5, 0.6) is 5.75 Å². The SMILES string of the molecule is CC(=O)NCCOc1ccccc1C(=O)O. The number of para-hydroxylation sites is 1. The van der Waals surface area contributed by atoms with Crippen LogP contribution in [0.4, 0.5) is 0 Å². The molecule has 0 heterocycles. The van der Waals surface area contributed by atoms with Gasteiger partial charge in [-0.05, 0) is 12.1 Å². The molecular formula is C11H13NO4. The molecule has 0 atom stereocenters. The van der Waals surface area contributed by atoms with Crippen LogP contribution in [-0.4, -0.2) is 30.1 Å². The molecule has 0 fully saturated rings. The van der Waals surface area contributed by atoms with Gasteiger partial charge in [-0.2, -0.15) is 0 Å². The summed E-state index contributed by atoms with van der Waals surface area (Å²) in [7, 11) is 0. The molecule has 5 heteroatoms. The van der Waals surface area contributed by atoms with Gasteiger partial charge in [-0.3, -0.25) is 4.79 Å². The van der Waals surface area contributed by atoms with Crippen molar-refractivity contribution in [2.24, 2.45) is 0 Å². The molecule has 0 saturated carbocycles. The highest BCUT2D eigenvalue weighted by Gasteiger charge is 2.09. The van der Waals surface area contributed by atoms with Crippen molar-refractivity contribution in [1.82, 2.24) is 5.32 Å². The minimum atomic E-state index is -1.03. The van der Waals surface area contributed by atoms with Gasteiger partial charge in [-0.1, -0.05) is 12.1 Å². The van der Waals surface area contributed by atoms with E-state index in [1.165, 1.54) is 13.0 Å². The smallest absolute Gasteiger partial charge is 0.339 e. The standard InChI is InChI=1S/C11H13NO4/c1-8(13)12-6-7-16-10-5-3-2-4-9(10)11(14)15/h2-5H,6-7H2,1H3,(H,12,13)(H,14,15). The molecule has 1 aromatic rings. The third kappa shape index (κ3) is 3.61. The zero-order valence-corrected chi connectivity index (χ0v) is 8.90. The summed E-state index contributed by atoms with van der Waals surface area (Å²) in [5, 5.41) is 11.4. The Balaban J connectivity index is 2.53. The summed E-state index contributed by atoms with van der Waals surface area (Å²) in [5.74, 6) is -0.870. The molecule has 0 aliphatic heterocycles. The first-order valence-electron chi connectivity index (χ1n) is 4.81. The first-order chi connectivity index (χ1) is 7.61. The number of rotatable bonds is 5. The van der Waals surface area contributed by atoms with E-state index in [4.69, 9.17) is 9.84 Å². The first-order valence-corrected chi connectivity index (χ1v) is 4.81. The van der Waals surface area contributed by atoms with Crippen LogP contribution in [0.15, 0.2) is 24.3 Å². The van der Waals surface area contributed by atoms with Gasteiger partial charge < -0.3 is 15.2 Å². The van der Waals surface area contributed by atoms with Crippen LogP contribution in [0.1, 0.15) is 17.3 Å². The monoisotopic (exact) mass is 223 g/mol. The Kier molecular flexibility index (Phi) is 4.32. The van der Waals surface area contributed by atoms with Gasteiger partial charge in [0.05, 0.1) is 6.54 Å². The second-order valence-corrected chi connectivity index (χ2v) is 3.13.